The molecule has 0 saturated heterocycles. The molecule has 5 nitrogen and oxygen atoms in total. The van der Waals surface area contributed by atoms with Crippen LogP contribution in [0.1, 0.15) is 50.6 Å². The molecule has 1 aromatic heterocycles. The van der Waals surface area contributed by atoms with Crippen molar-refractivity contribution >= 4 is 17.4 Å². The van der Waals surface area contributed by atoms with Crippen molar-refractivity contribution in [3.8, 4) is 11.3 Å². The number of hydrogen-bond acceptors (Lipinski definition) is 4. The number of rotatable bonds is 3. The van der Waals surface area contributed by atoms with E-state index in [4.69, 9.17) is 10.7 Å². The molecule has 5 heteroatoms. The van der Waals surface area contributed by atoms with Gasteiger partial charge >= 0.3 is 0 Å². The number of nitrogens with two attached hydrogens (primary N) is 1. The third-order valence-corrected chi connectivity index (χ3v) is 4.29. The van der Waals surface area contributed by atoms with Gasteiger partial charge in [-0.05, 0) is 25.0 Å². The summed E-state index contributed by atoms with van der Waals surface area (Å²) in [6.45, 7) is 1.50. The number of aromatic nitrogens is 2. The predicted octanol–water partition coefficient (Wildman–Crippen LogP) is 3.73. The molecule has 0 bridgehead atoms. The lowest BCUT2D eigenvalue weighted by atomic mass is 9.86. The minimum absolute atomic E-state index is 0.114. The number of nitrogens with one attached hydrogen (secondary N) is 1. The minimum atomic E-state index is -0.114. The maximum Gasteiger partial charge on any atom is 0.222 e. The molecule has 0 spiro atoms. The molecular weight excluding hydrogens is 288 g/mol. The van der Waals surface area contributed by atoms with Gasteiger partial charge in [0.1, 0.15) is 0 Å². The fourth-order valence-corrected chi connectivity index (χ4v) is 3.12. The number of benzene rings is 1. The van der Waals surface area contributed by atoms with E-state index in [9.17, 15) is 4.79 Å². The molecule has 1 amide bonds. The number of hydrogen-bond donors (Lipinski definition) is 2. The van der Waals surface area contributed by atoms with E-state index in [1.165, 1.54) is 26.2 Å². The van der Waals surface area contributed by atoms with Gasteiger partial charge in [-0.2, -0.15) is 0 Å². The second-order valence-corrected chi connectivity index (χ2v) is 6.13. The van der Waals surface area contributed by atoms with Crippen molar-refractivity contribution in [2.45, 2.75) is 44.9 Å². The first-order valence-electron chi connectivity index (χ1n) is 8.14. The minimum Gasteiger partial charge on any atom is -0.399 e. The van der Waals surface area contributed by atoms with Gasteiger partial charge < -0.3 is 11.1 Å². The Kier molecular flexibility index (Phi) is 4.55. The second-order valence-electron chi connectivity index (χ2n) is 6.13. The summed E-state index contributed by atoms with van der Waals surface area (Å²) in [5.41, 5.74) is 9.19. The summed E-state index contributed by atoms with van der Waals surface area (Å²) in [7, 11) is 0. The van der Waals surface area contributed by atoms with Crippen LogP contribution in [-0.2, 0) is 4.79 Å². The zero-order valence-electron chi connectivity index (χ0n) is 13.4. The lowest BCUT2D eigenvalue weighted by Gasteiger charge is -2.23. The van der Waals surface area contributed by atoms with Crippen molar-refractivity contribution in [3.63, 3.8) is 0 Å². The summed E-state index contributed by atoms with van der Waals surface area (Å²) in [4.78, 5) is 20.7. The van der Waals surface area contributed by atoms with Crippen molar-refractivity contribution in [1.82, 2.24) is 9.97 Å². The molecule has 0 radical (unpaired) electrons. The number of carbonyl (C=O) groups excluding carboxylic acids is 1. The summed E-state index contributed by atoms with van der Waals surface area (Å²) in [5, 5.41) is 2.83. The number of nitrogens with zero attached hydrogens (tertiary/aromatic N) is 2. The van der Waals surface area contributed by atoms with Gasteiger partial charge in [-0.25, -0.2) is 9.97 Å². The van der Waals surface area contributed by atoms with Crippen molar-refractivity contribution in [1.29, 1.82) is 0 Å². The van der Waals surface area contributed by atoms with Gasteiger partial charge in [-0.1, -0.05) is 31.4 Å². The molecule has 2 aromatic rings. The predicted molar refractivity (Wildman–Crippen MR) is 92.0 cm³/mol. The van der Waals surface area contributed by atoms with Crippen LogP contribution in [-0.4, -0.2) is 15.9 Å². The van der Waals surface area contributed by atoms with Gasteiger partial charge in [0.25, 0.3) is 0 Å². The Morgan fingerprint density at radius 2 is 1.87 bits per heavy atom. The average Bonchev–Trinajstić information content (AvgIpc) is 2.56. The molecule has 0 atom stereocenters. The van der Waals surface area contributed by atoms with E-state index in [0.29, 0.717) is 11.7 Å². The molecule has 1 fully saturated rings. The molecule has 0 aliphatic heterocycles. The Morgan fingerprint density at radius 1 is 1.17 bits per heavy atom. The highest BCUT2D eigenvalue weighted by Gasteiger charge is 2.22. The summed E-state index contributed by atoms with van der Waals surface area (Å²) in [5.74, 6) is 0.854. The molecule has 1 aliphatic rings. The van der Waals surface area contributed by atoms with E-state index in [0.717, 1.165) is 35.5 Å². The smallest absolute Gasteiger partial charge is 0.222 e. The van der Waals surface area contributed by atoms with Crippen LogP contribution in [0.2, 0.25) is 0 Å². The second kappa shape index (κ2) is 6.77. The van der Waals surface area contributed by atoms with Crippen molar-refractivity contribution in [2.75, 3.05) is 11.1 Å². The van der Waals surface area contributed by atoms with Gasteiger partial charge in [-0.15, -0.1) is 0 Å². The van der Waals surface area contributed by atoms with Crippen LogP contribution in [0, 0.1) is 0 Å². The monoisotopic (exact) mass is 310 g/mol. The molecule has 1 aliphatic carbocycles. The third kappa shape index (κ3) is 3.67. The van der Waals surface area contributed by atoms with E-state index in [2.05, 4.69) is 10.3 Å². The van der Waals surface area contributed by atoms with Crippen LogP contribution >= 0.6 is 0 Å². The van der Waals surface area contributed by atoms with E-state index in [-0.39, 0.29) is 5.91 Å². The van der Waals surface area contributed by atoms with E-state index >= 15 is 0 Å². The molecule has 3 N–H and O–H groups in total. The van der Waals surface area contributed by atoms with Gasteiger partial charge in [-0.3, -0.25) is 4.79 Å². The van der Waals surface area contributed by atoms with Gasteiger partial charge in [0.15, 0.2) is 5.82 Å². The summed E-state index contributed by atoms with van der Waals surface area (Å²) in [6, 6.07) is 7.61. The molecule has 1 heterocycles. The van der Waals surface area contributed by atoms with Gasteiger partial charge in [0, 0.05) is 24.1 Å². The molecule has 1 aromatic carbocycles. The standard InChI is InChI=1S/C18H22N4O/c1-12(23)21-18-17(14-5-3-2-4-6-14)22-16(11-20-18)13-7-9-15(19)10-8-13/h7-11,14H,2-6,19H2,1H3,(H,20,21,23). The molecule has 23 heavy (non-hydrogen) atoms. The highest BCUT2D eigenvalue weighted by atomic mass is 16.1. The Bertz CT molecular complexity index is 691. The zero-order valence-corrected chi connectivity index (χ0v) is 13.4. The Hall–Kier alpha value is -2.43. The fraction of sp³-hybridized carbons (Fsp3) is 0.389. The summed E-state index contributed by atoms with van der Waals surface area (Å²) >= 11 is 0. The zero-order chi connectivity index (χ0) is 16.2. The fourth-order valence-electron chi connectivity index (χ4n) is 3.12. The number of nitrogen functional groups attached to an aromatic ring is 1. The number of amides is 1. The molecule has 120 valence electrons. The van der Waals surface area contributed by atoms with Crippen molar-refractivity contribution in [3.05, 3.63) is 36.2 Å². The largest absolute Gasteiger partial charge is 0.399 e. The SMILES string of the molecule is CC(=O)Nc1ncc(-c2ccc(N)cc2)nc1C1CCCCC1. The van der Waals surface area contributed by atoms with E-state index in [1.54, 1.807) is 6.20 Å². The lowest BCUT2D eigenvalue weighted by Crippen LogP contribution is -2.15. The van der Waals surface area contributed by atoms with Crippen LogP contribution in [0.4, 0.5) is 11.5 Å². The topological polar surface area (TPSA) is 80.9 Å². The first-order chi connectivity index (χ1) is 11.1. The lowest BCUT2D eigenvalue weighted by molar-refractivity contribution is -0.114. The Labute approximate surface area is 136 Å². The molecule has 1 saturated carbocycles. The Balaban J connectivity index is 1.99. The average molecular weight is 310 g/mol. The van der Waals surface area contributed by atoms with Crippen LogP contribution in [0.5, 0.6) is 0 Å². The number of carbonyl (C=O) groups is 1. The Morgan fingerprint density at radius 3 is 2.52 bits per heavy atom. The van der Waals surface area contributed by atoms with Crippen molar-refractivity contribution in [2.24, 2.45) is 0 Å². The van der Waals surface area contributed by atoms with E-state index < -0.39 is 0 Å². The van der Waals surface area contributed by atoms with Crippen LogP contribution in [0.25, 0.3) is 11.3 Å². The quantitative estimate of drug-likeness (QED) is 0.846. The highest BCUT2D eigenvalue weighted by Crippen LogP contribution is 2.35. The summed E-state index contributed by atoms with van der Waals surface area (Å²) in [6.07, 6.45) is 7.61. The highest BCUT2D eigenvalue weighted by molar-refractivity contribution is 5.88. The molecule has 0 unspecified atom stereocenters. The van der Waals surface area contributed by atoms with Crippen LogP contribution in [0.3, 0.4) is 0 Å². The number of anilines is 2. The van der Waals surface area contributed by atoms with Crippen molar-refractivity contribution < 1.29 is 4.79 Å². The normalized spacial score (nSPS) is 15.3. The first-order valence-corrected chi connectivity index (χ1v) is 8.14. The third-order valence-electron chi connectivity index (χ3n) is 4.29. The molecule has 3 rings (SSSR count). The van der Waals surface area contributed by atoms with Crippen LogP contribution < -0.4 is 11.1 Å². The maximum atomic E-state index is 11.4. The molecular formula is C18H22N4O. The van der Waals surface area contributed by atoms with Crippen LogP contribution in [0.15, 0.2) is 30.5 Å². The van der Waals surface area contributed by atoms with Gasteiger partial charge in [0.2, 0.25) is 5.91 Å². The van der Waals surface area contributed by atoms with E-state index in [1.807, 2.05) is 24.3 Å². The maximum absolute atomic E-state index is 11.4. The summed E-state index contributed by atoms with van der Waals surface area (Å²) < 4.78 is 0. The van der Waals surface area contributed by atoms with Gasteiger partial charge in [0.05, 0.1) is 17.6 Å². The first kappa shape index (κ1) is 15.5.